The van der Waals surface area contributed by atoms with Crippen LogP contribution in [0.1, 0.15) is 25.8 Å². The first-order chi connectivity index (χ1) is 15.8. The summed E-state index contributed by atoms with van der Waals surface area (Å²) in [6.45, 7) is 8.50. The number of likely N-dealkylation sites (tertiary alicyclic amines) is 1. The highest BCUT2D eigenvalue weighted by Gasteiger charge is 2.39. The first kappa shape index (κ1) is 21.8. The van der Waals surface area contributed by atoms with Crippen LogP contribution in [0.4, 0.5) is 17.7 Å². The molecule has 5 rings (SSSR count). The molecular weight excluding hydrogens is 422 g/mol. The van der Waals surface area contributed by atoms with Gasteiger partial charge in [0.2, 0.25) is 17.8 Å². The summed E-state index contributed by atoms with van der Waals surface area (Å²) in [6.07, 6.45) is 5.15. The first-order valence-corrected chi connectivity index (χ1v) is 11.5. The number of amides is 1. The van der Waals surface area contributed by atoms with E-state index in [1.807, 2.05) is 4.90 Å². The van der Waals surface area contributed by atoms with E-state index in [2.05, 4.69) is 19.8 Å². The number of nitrogen functional groups attached to an aromatic ring is 1. The summed E-state index contributed by atoms with van der Waals surface area (Å²) in [5.41, 5.74) is 13.7. The van der Waals surface area contributed by atoms with Gasteiger partial charge in [-0.05, 0) is 26.7 Å². The zero-order valence-electron chi connectivity index (χ0n) is 19.2. The van der Waals surface area contributed by atoms with Gasteiger partial charge >= 0.3 is 0 Å². The normalized spacial score (nSPS) is 20.9. The number of nitrogens with two attached hydrogens (primary N) is 2. The van der Waals surface area contributed by atoms with Crippen LogP contribution in [0.5, 0.6) is 0 Å². The number of fused-ring (bicyclic) bond motifs is 1. The van der Waals surface area contributed by atoms with Crippen molar-refractivity contribution in [3.05, 3.63) is 18.0 Å². The summed E-state index contributed by atoms with van der Waals surface area (Å²) in [6, 6.07) is 0.195. The van der Waals surface area contributed by atoms with Gasteiger partial charge in [0.25, 0.3) is 0 Å². The number of hydrogen-bond acceptors (Lipinski definition) is 10. The molecule has 5 heterocycles. The summed E-state index contributed by atoms with van der Waals surface area (Å²) in [7, 11) is 0. The minimum atomic E-state index is -0.869. The predicted octanol–water partition coefficient (Wildman–Crippen LogP) is 0.0531. The van der Waals surface area contributed by atoms with Gasteiger partial charge in [0.1, 0.15) is 5.82 Å². The smallest absolute Gasteiger partial charge is 0.242 e. The number of carbonyl (C=O) groups excluding carboxylic acids is 1. The zero-order valence-corrected chi connectivity index (χ0v) is 19.2. The fourth-order valence-corrected chi connectivity index (χ4v) is 4.81. The maximum absolute atomic E-state index is 12.7. The molecule has 2 saturated heterocycles. The molecule has 0 bridgehead atoms. The molecule has 2 fully saturated rings. The maximum Gasteiger partial charge on any atom is 0.242 e. The van der Waals surface area contributed by atoms with Crippen molar-refractivity contribution in [1.29, 1.82) is 0 Å². The van der Waals surface area contributed by atoms with Gasteiger partial charge in [0, 0.05) is 62.3 Å². The molecule has 0 aliphatic carbocycles. The highest BCUT2D eigenvalue weighted by molar-refractivity contribution is 5.85. The lowest BCUT2D eigenvalue weighted by Crippen LogP contribution is -2.51. The molecule has 3 aliphatic heterocycles. The molecule has 1 amide bonds. The van der Waals surface area contributed by atoms with E-state index < -0.39 is 5.54 Å². The Labute approximate surface area is 193 Å². The number of carbonyl (C=O) groups is 1. The molecule has 4 N–H and O–H groups in total. The van der Waals surface area contributed by atoms with Crippen LogP contribution >= 0.6 is 0 Å². The molecule has 0 unspecified atom stereocenters. The van der Waals surface area contributed by atoms with Crippen LogP contribution in [-0.2, 0) is 16.0 Å². The third-order valence-corrected chi connectivity index (χ3v) is 6.53. The molecule has 0 saturated carbocycles. The summed E-state index contributed by atoms with van der Waals surface area (Å²) in [5, 5.41) is 0. The number of nitrogens with zero attached hydrogens (tertiary/aromatic N) is 7. The van der Waals surface area contributed by atoms with Gasteiger partial charge in [-0.1, -0.05) is 0 Å². The van der Waals surface area contributed by atoms with Crippen LogP contribution in [0.2, 0.25) is 0 Å². The fourth-order valence-electron chi connectivity index (χ4n) is 4.81. The second-order valence-corrected chi connectivity index (χ2v) is 9.46. The Hall–Kier alpha value is -3.05. The lowest BCUT2D eigenvalue weighted by atomic mass is 10.1. The van der Waals surface area contributed by atoms with E-state index in [4.69, 9.17) is 26.2 Å². The third kappa shape index (κ3) is 4.18. The molecule has 3 aliphatic rings. The Balaban J connectivity index is 1.49. The highest BCUT2D eigenvalue weighted by Crippen LogP contribution is 2.37. The van der Waals surface area contributed by atoms with E-state index in [-0.39, 0.29) is 17.9 Å². The number of aromatic nitrogens is 4. The molecular formula is C22H31N9O2. The minimum absolute atomic E-state index is 0.0131. The second-order valence-electron chi connectivity index (χ2n) is 9.46. The van der Waals surface area contributed by atoms with Crippen molar-refractivity contribution in [3.63, 3.8) is 0 Å². The van der Waals surface area contributed by atoms with Crippen molar-refractivity contribution < 1.29 is 9.53 Å². The molecule has 176 valence electrons. The van der Waals surface area contributed by atoms with E-state index in [1.54, 1.807) is 26.2 Å². The minimum Gasteiger partial charge on any atom is -0.378 e. The number of anilines is 3. The topological polar surface area (TPSA) is 140 Å². The molecule has 0 aromatic carbocycles. The van der Waals surface area contributed by atoms with E-state index in [0.717, 1.165) is 55.1 Å². The Morgan fingerprint density at radius 1 is 1.12 bits per heavy atom. The van der Waals surface area contributed by atoms with Crippen LogP contribution in [0, 0.1) is 0 Å². The van der Waals surface area contributed by atoms with Crippen LogP contribution in [0.3, 0.4) is 0 Å². The lowest BCUT2D eigenvalue weighted by Gasteiger charge is -2.30. The predicted molar refractivity (Wildman–Crippen MR) is 125 cm³/mol. The average molecular weight is 454 g/mol. The van der Waals surface area contributed by atoms with Crippen LogP contribution in [-0.4, -0.2) is 88.3 Å². The second kappa shape index (κ2) is 8.38. The van der Waals surface area contributed by atoms with Gasteiger partial charge in [-0.2, -0.15) is 4.98 Å². The molecule has 0 radical (unpaired) electrons. The Morgan fingerprint density at radius 2 is 1.85 bits per heavy atom. The molecule has 2 aromatic rings. The lowest BCUT2D eigenvalue weighted by molar-refractivity contribution is -0.134. The largest absolute Gasteiger partial charge is 0.378 e. The van der Waals surface area contributed by atoms with Crippen molar-refractivity contribution in [3.8, 4) is 11.3 Å². The van der Waals surface area contributed by atoms with Gasteiger partial charge in [-0.15, -0.1) is 0 Å². The van der Waals surface area contributed by atoms with Gasteiger partial charge in [-0.25, -0.2) is 15.0 Å². The Bertz CT molecular complexity index is 1030. The van der Waals surface area contributed by atoms with Crippen molar-refractivity contribution in [2.45, 2.75) is 38.3 Å². The third-order valence-electron chi connectivity index (χ3n) is 6.53. The molecule has 1 atom stereocenters. The van der Waals surface area contributed by atoms with Gasteiger partial charge in [0.05, 0.1) is 24.4 Å². The zero-order chi connectivity index (χ0) is 23.2. The average Bonchev–Trinajstić information content (AvgIpc) is 3.45. The summed E-state index contributed by atoms with van der Waals surface area (Å²) in [4.78, 5) is 37.4. The molecule has 33 heavy (non-hydrogen) atoms. The van der Waals surface area contributed by atoms with E-state index >= 15 is 0 Å². The van der Waals surface area contributed by atoms with Crippen LogP contribution in [0.15, 0.2) is 12.4 Å². The standard InChI is InChI=1S/C22H31N9O2/c1-22(2,24)19(32)30-5-3-15(13-30)31-6-4-16-17(14-11-25-20(23)26-12-14)27-21(28-18(16)31)29-7-9-33-10-8-29/h11-12,15H,3-10,13,24H2,1-2H3,(H2,23,25,26)/t15-/m0/s1. The van der Waals surface area contributed by atoms with Crippen molar-refractivity contribution in [2.75, 3.05) is 61.5 Å². The van der Waals surface area contributed by atoms with Crippen molar-refractivity contribution in [2.24, 2.45) is 5.73 Å². The summed E-state index contributed by atoms with van der Waals surface area (Å²) in [5.74, 6) is 1.84. The summed E-state index contributed by atoms with van der Waals surface area (Å²) >= 11 is 0. The quantitative estimate of drug-likeness (QED) is 0.653. The monoisotopic (exact) mass is 453 g/mol. The van der Waals surface area contributed by atoms with Gasteiger partial charge < -0.3 is 30.9 Å². The molecule has 2 aromatic heterocycles. The Kier molecular flexibility index (Phi) is 5.53. The van der Waals surface area contributed by atoms with Crippen LogP contribution < -0.4 is 21.3 Å². The van der Waals surface area contributed by atoms with Gasteiger partial charge in [-0.3, -0.25) is 4.79 Å². The summed E-state index contributed by atoms with van der Waals surface area (Å²) < 4.78 is 5.52. The number of morpholine rings is 1. The van der Waals surface area contributed by atoms with Crippen molar-refractivity contribution >= 4 is 23.6 Å². The fraction of sp³-hybridized carbons (Fsp3) is 0.591. The molecule has 11 nitrogen and oxygen atoms in total. The van der Waals surface area contributed by atoms with E-state index in [1.165, 1.54) is 0 Å². The SMILES string of the molecule is CC(C)(N)C(=O)N1CC[C@H](N2CCc3c(-c4cnc(N)nc4)nc(N4CCOCC4)nc32)C1. The maximum atomic E-state index is 12.7. The highest BCUT2D eigenvalue weighted by atomic mass is 16.5. The van der Waals surface area contributed by atoms with E-state index in [9.17, 15) is 4.79 Å². The number of hydrogen-bond donors (Lipinski definition) is 2. The first-order valence-electron chi connectivity index (χ1n) is 11.5. The van der Waals surface area contributed by atoms with E-state index in [0.29, 0.717) is 32.3 Å². The van der Waals surface area contributed by atoms with Crippen LogP contribution in [0.25, 0.3) is 11.3 Å². The Morgan fingerprint density at radius 3 is 2.55 bits per heavy atom. The molecule has 11 heteroatoms. The number of ether oxygens (including phenoxy) is 1. The number of rotatable bonds is 4. The van der Waals surface area contributed by atoms with Crippen molar-refractivity contribution in [1.82, 2.24) is 24.8 Å². The molecule has 0 spiro atoms. The van der Waals surface area contributed by atoms with Gasteiger partial charge in [0.15, 0.2) is 0 Å².